The zero-order chi connectivity index (χ0) is 18.7. The molecule has 1 aromatic carbocycles. The van der Waals surface area contributed by atoms with Gasteiger partial charge >= 0.3 is 0 Å². The fourth-order valence-electron chi connectivity index (χ4n) is 4.34. The van der Waals surface area contributed by atoms with Crippen molar-refractivity contribution in [3.63, 3.8) is 0 Å². The minimum absolute atomic E-state index is 0.0710. The quantitative estimate of drug-likeness (QED) is 0.868. The van der Waals surface area contributed by atoms with Gasteiger partial charge in [-0.2, -0.15) is 5.10 Å². The maximum absolute atomic E-state index is 12.5. The second-order valence-corrected chi connectivity index (χ2v) is 7.78. The van der Waals surface area contributed by atoms with Gasteiger partial charge in [0.2, 0.25) is 5.91 Å². The molecule has 0 saturated carbocycles. The first-order valence-corrected chi connectivity index (χ1v) is 9.80. The Balaban J connectivity index is 1.35. The number of aliphatic hydroxyl groups is 1. The number of aromatic nitrogens is 2. The molecule has 0 radical (unpaired) electrons. The highest BCUT2D eigenvalue weighted by Gasteiger charge is 2.44. The van der Waals surface area contributed by atoms with Crippen molar-refractivity contribution in [2.75, 3.05) is 13.1 Å². The topological polar surface area (TPSA) is 78.5 Å². The van der Waals surface area contributed by atoms with Crippen LogP contribution < -0.4 is 0 Å². The molecule has 2 atom stereocenters. The summed E-state index contributed by atoms with van der Waals surface area (Å²) >= 11 is 0. The molecule has 6 heteroatoms. The van der Waals surface area contributed by atoms with Gasteiger partial charge in [-0.3, -0.25) is 9.89 Å². The maximum atomic E-state index is 12.5. The van der Waals surface area contributed by atoms with Crippen LogP contribution >= 0.6 is 0 Å². The van der Waals surface area contributed by atoms with Crippen LogP contribution in [0.4, 0.5) is 0 Å². The molecule has 2 N–H and O–H groups in total. The highest BCUT2D eigenvalue weighted by atomic mass is 16.5. The van der Waals surface area contributed by atoms with E-state index in [9.17, 15) is 9.90 Å². The lowest BCUT2D eigenvalue weighted by Gasteiger charge is -2.48. The van der Waals surface area contributed by atoms with Gasteiger partial charge in [-0.15, -0.1) is 0 Å². The van der Waals surface area contributed by atoms with Gasteiger partial charge in [-0.1, -0.05) is 30.3 Å². The number of H-pyrrole nitrogens is 1. The Kier molecular flexibility index (Phi) is 5.27. The molecule has 2 aliphatic rings. The lowest BCUT2D eigenvalue weighted by atomic mass is 9.81. The number of carbonyl (C=O) groups is 1. The third kappa shape index (κ3) is 4.22. The van der Waals surface area contributed by atoms with Crippen molar-refractivity contribution in [2.45, 2.75) is 56.3 Å². The molecule has 4 rings (SSSR count). The van der Waals surface area contributed by atoms with E-state index in [0.29, 0.717) is 38.8 Å². The van der Waals surface area contributed by atoms with Gasteiger partial charge in [0.15, 0.2) is 0 Å². The standard InChI is InChI=1S/C21H27N3O3/c25-18-12-19(17-4-2-1-3-5-17)27-21(13-18)8-10-24(11-9-21)20(26)7-6-16-14-22-23-15-16/h1-5,14-15,18-19,25H,6-13H2,(H,22,23)/t18-,19-/m1/s1. The van der Waals surface area contributed by atoms with Gasteiger partial charge in [-0.05, 0) is 30.4 Å². The molecule has 1 aromatic heterocycles. The Morgan fingerprint density at radius 1 is 1.30 bits per heavy atom. The predicted octanol–water partition coefficient (Wildman–Crippen LogP) is 2.62. The summed E-state index contributed by atoms with van der Waals surface area (Å²) in [6, 6.07) is 10.1. The zero-order valence-electron chi connectivity index (χ0n) is 15.5. The first-order valence-electron chi connectivity index (χ1n) is 9.80. The molecule has 2 fully saturated rings. The molecule has 144 valence electrons. The first-order chi connectivity index (χ1) is 13.1. The molecule has 1 amide bonds. The number of aryl methyl sites for hydroxylation is 1. The van der Waals surface area contributed by atoms with Crippen molar-refractivity contribution in [3.05, 3.63) is 53.9 Å². The number of hydrogen-bond donors (Lipinski definition) is 2. The van der Waals surface area contributed by atoms with Crippen LogP contribution in [0.5, 0.6) is 0 Å². The molecule has 0 unspecified atom stereocenters. The summed E-state index contributed by atoms with van der Waals surface area (Å²) in [4.78, 5) is 14.5. The summed E-state index contributed by atoms with van der Waals surface area (Å²) in [7, 11) is 0. The number of likely N-dealkylation sites (tertiary alicyclic amines) is 1. The number of amides is 1. The molecule has 2 aliphatic heterocycles. The van der Waals surface area contributed by atoms with Crippen molar-refractivity contribution >= 4 is 5.91 Å². The van der Waals surface area contributed by atoms with Gasteiger partial charge in [0.1, 0.15) is 0 Å². The van der Waals surface area contributed by atoms with E-state index in [-0.39, 0.29) is 23.7 Å². The maximum Gasteiger partial charge on any atom is 0.222 e. The van der Waals surface area contributed by atoms with Crippen molar-refractivity contribution in [3.8, 4) is 0 Å². The summed E-state index contributed by atoms with van der Waals surface area (Å²) < 4.78 is 6.51. The van der Waals surface area contributed by atoms with Gasteiger partial charge in [-0.25, -0.2) is 0 Å². The van der Waals surface area contributed by atoms with E-state index in [4.69, 9.17) is 4.74 Å². The van der Waals surface area contributed by atoms with Crippen LogP contribution in [-0.2, 0) is 16.0 Å². The largest absolute Gasteiger partial charge is 0.393 e. The Labute approximate surface area is 159 Å². The fraction of sp³-hybridized carbons (Fsp3) is 0.524. The molecule has 6 nitrogen and oxygen atoms in total. The Bertz CT molecular complexity index is 739. The van der Waals surface area contributed by atoms with Gasteiger partial charge in [0.25, 0.3) is 0 Å². The van der Waals surface area contributed by atoms with Crippen LogP contribution in [0, 0.1) is 0 Å². The molecule has 0 bridgehead atoms. The number of rotatable bonds is 4. The molecular formula is C21H27N3O3. The average molecular weight is 369 g/mol. The summed E-state index contributed by atoms with van der Waals surface area (Å²) in [5, 5.41) is 17.2. The zero-order valence-corrected chi connectivity index (χ0v) is 15.5. The van der Waals surface area contributed by atoms with Crippen LogP contribution in [0.2, 0.25) is 0 Å². The van der Waals surface area contributed by atoms with E-state index in [1.165, 1.54) is 0 Å². The average Bonchev–Trinajstić information content (AvgIpc) is 3.20. The number of aromatic amines is 1. The molecule has 1 spiro atoms. The van der Waals surface area contributed by atoms with E-state index < -0.39 is 0 Å². The van der Waals surface area contributed by atoms with Crippen molar-refractivity contribution in [1.82, 2.24) is 15.1 Å². The fourth-order valence-corrected chi connectivity index (χ4v) is 4.34. The second kappa shape index (κ2) is 7.82. The number of ether oxygens (including phenoxy) is 1. The number of piperidine rings is 1. The van der Waals surface area contributed by atoms with Gasteiger partial charge < -0.3 is 14.7 Å². The van der Waals surface area contributed by atoms with Crippen molar-refractivity contribution < 1.29 is 14.6 Å². The first kappa shape index (κ1) is 18.2. The number of hydrogen-bond acceptors (Lipinski definition) is 4. The number of nitrogens with zero attached hydrogens (tertiary/aromatic N) is 2. The molecule has 27 heavy (non-hydrogen) atoms. The third-order valence-corrected chi connectivity index (χ3v) is 5.87. The number of nitrogens with one attached hydrogen (secondary N) is 1. The van der Waals surface area contributed by atoms with Crippen LogP contribution in [0.15, 0.2) is 42.7 Å². The van der Waals surface area contributed by atoms with Crippen LogP contribution in [-0.4, -0.2) is 50.9 Å². The third-order valence-electron chi connectivity index (χ3n) is 5.87. The number of carbonyl (C=O) groups excluding carboxylic acids is 1. The van der Waals surface area contributed by atoms with Gasteiger partial charge in [0, 0.05) is 38.5 Å². The lowest BCUT2D eigenvalue weighted by molar-refractivity contribution is -0.185. The van der Waals surface area contributed by atoms with E-state index in [2.05, 4.69) is 22.3 Å². The summed E-state index contributed by atoms with van der Waals surface area (Å²) in [6.07, 6.45) is 7.25. The van der Waals surface area contributed by atoms with E-state index in [1.54, 1.807) is 6.20 Å². The summed E-state index contributed by atoms with van der Waals surface area (Å²) in [5.41, 5.74) is 1.86. The van der Waals surface area contributed by atoms with Crippen molar-refractivity contribution in [2.24, 2.45) is 0 Å². The number of aliphatic hydroxyl groups excluding tert-OH is 1. The monoisotopic (exact) mass is 369 g/mol. The highest BCUT2D eigenvalue weighted by Crippen LogP contribution is 2.42. The van der Waals surface area contributed by atoms with E-state index >= 15 is 0 Å². The normalized spacial score (nSPS) is 24.9. The lowest BCUT2D eigenvalue weighted by Crippen LogP contribution is -2.52. The summed E-state index contributed by atoms with van der Waals surface area (Å²) in [5.74, 6) is 0.182. The Hall–Kier alpha value is -2.18. The number of benzene rings is 1. The predicted molar refractivity (Wildman–Crippen MR) is 101 cm³/mol. The van der Waals surface area contributed by atoms with Crippen LogP contribution in [0.25, 0.3) is 0 Å². The molecule has 3 heterocycles. The van der Waals surface area contributed by atoms with Gasteiger partial charge in [0.05, 0.1) is 24.0 Å². The second-order valence-electron chi connectivity index (χ2n) is 7.78. The summed E-state index contributed by atoms with van der Waals surface area (Å²) in [6.45, 7) is 1.39. The van der Waals surface area contributed by atoms with E-state index in [0.717, 1.165) is 24.0 Å². The van der Waals surface area contributed by atoms with E-state index in [1.807, 2.05) is 29.3 Å². The minimum atomic E-state index is -0.354. The Morgan fingerprint density at radius 3 is 2.78 bits per heavy atom. The Morgan fingerprint density at radius 2 is 2.07 bits per heavy atom. The van der Waals surface area contributed by atoms with Crippen LogP contribution in [0.3, 0.4) is 0 Å². The SMILES string of the molecule is O=C(CCc1cn[nH]c1)N1CCC2(CC1)C[C@H](O)C[C@H](c1ccccc1)O2. The molecule has 0 aliphatic carbocycles. The highest BCUT2D eigenvalue weighted by molar-refractivity contribution is 5.76. The van der Waals surface area contributed by atoms with Crippen LogP contribution in [0.1, 0.15) is 49.3 Å². The molecule has 2 saturated heterocycles. The van der Waals surface area contributed by atoms with Crippen molar-refractivity contribution in [1.29, 1.82) is 0 Å². The molecular weight excluding hydrogens is 342 g/mol. The minimum Gasteiger partial charge on any atom is -0.393 e. The molecule has 2 aromatic rings. The smallest absolute Gasteiger partial charge is 0.222 e.